The molecule has 6 nitrogen and oxygen atoms in total. The lowest BCUT2D eigenvalue weighted by Crippen LogP contribution is -2.17. The zero-order chi connectivity index (χ0) is 14.7. The molecule has 0 unspecified atom stereocenters. The molecule has 1 aliphatic rings. The minimum atomic E-state index is -0.431. The summed E-state index contributed by atoms with van der Waals surface area (Å²) < 4.78 is 15.7. The van der Waals surface area contributed by atoms with Gasteiger partial charge in [0.25, 0.3) is 11.1 Å². The van der Waals surface area contributed by atoms with Crippen molar-refractivity contribution in [2.24, 2.45) is 0 Å². The minimum absolute atomic E-state index is 0.289. The Morgan fingerprint density at radius 3 is 2.05 bits per heavy atom. The van der Waals surface area contributed by atoms with Crippen LogP contribution in [0.4, 0.5) is 4.79 Å². The normalized spacial score (nSPS) is 16.2. The smallest absolute Gasteiger partial charge is 0.290 e. The summed E-state index contributed by atoms with van der Waals surface area (Å²) in [5.41, 5.74) is 0.572. The van der Waals surface area contributed by atoms with Crippen LogP contribution in [0, 0.1) is 0 Å². The molecule has 0 spiro atoms. The van der Waals surface area contributed by atoms with E-state index >= 15 is 0 Å². The molecule has 1 aromatic carbocycles. The first-order valence-corrected chi connectivity index (χ1v) is 6.45. The Hall–Kier alpha value is -2.15. The fourth-order valence-electron chi connectivity index (χ4n) is 1.73. The number of hydrogen-bond acceptors (Lipinski definition) is 6. The lowest BCUT2D eigenvalue weighted by Gasteiger charge is -2.12. The van der Waals surface area contributed by atoms with Crippen LogP contribution in [0.15, 0.2) is 17.0 Å². The molecule has 1 aromatic rings. The summed E-state index contributed by atoms with van der Waals surface area (Å²) in [6.07, 6.45) is 1.56. The second kappa shape index (κ2) is 5.87. The molecule has 0 bridgehead atoms. The Morgan fingerprint density at radius 2 is 1.65 bits per heavy atom. The van der Waals surface area contributed by atoms with Gasteiger partial charge in [0, 0.05) is 12.1 Å². The number of thioether (sulfide) groups is 1. The lowest BCUT2D eigenvalue weighted by atomic mass is 10.1. The highest BCUT2D eigenvalue weighted by Gasteiger charge is 2.26. The van der Waals surface area contributed by atoms with Gasteiger partial charge in [-0.1, -0.05) is 0 Å². The maximum atomic E-state index is 11.6. The van der Waals surface area contributed by atoms with Gasteiger partial charge in [0.15, 0.2) is 0 Å². The van der Waals surface area contributed by atoms with Crippen LogP contribution in [0.5, 0.6) is 17.2 Å². The zero-order valence-corrected chi connectivity index (χ0v) is 12.0. The lowest BCUT2D eigenvalue weighted by molar-refractivity contribution is -0.115. The molecule has 2 amide bonds. The quantitative estimate of drug-likeness (QED) is 0.857. The number of nitrogens with one attached hydrogen (secondary N) is 1. The van der Waals surface area contributed by atoms with E-state index in [4.69, 9.17) is 14.2 Å². The number of hydrogen-bond donors (Lipinski definition) is 1. The van der Waals surface area contributed by atoms with E-state index in [0.29, 0.717) is 22.8 Å². The standard InChI is InChI=1S/C13H13NO5S/c1-17-7-4-9(18-2)8(10(5-7)19-3)6-11-12(15)14-13(16)20-11/h4-6H,1-3H3,(H,14,15,16)/b11-6-. The number of amides is 2. The summed E-state index contributed by atoms with van der Waals surface area (Å²) >= 11 is 0.836. The molecular weight excluding hydrogens is 282 g/mol. The maximum absolute atomic E-state index is 11.6. The van der Waals surface area contributed by atoms with E-state index in [0.717, 1.165) is 11.8 Å². The molecule has 1 heterocycles. The van der Waals surface area contributed by atoms with Crippen molar-refractivity contribution in [3.05, 3.63) is 22.6 Å². The van der Waals surface area contributed by atoms with Crippen molar-refractivity contribution in [1.29, 1.82) is 0 Å². The van der Waals surface area contributed by atoms with Gasteiger partial charge in [0.05, 0.1) is 31.8 Å². The zero-order valence-electron chi connectivity index (χ0n) is 11.2. The molecule has 0 atom stereocenters. The largest absolute Gasteiger partial charge is 0.496 e. The van der Waals surface area contributed by atoms with Crippen LogP contribution in [-0.2, 0) is 4.79 Å². The highest BCUT2D eigenvalue weighted by Crippen LogP contribution is 2.37. The van der Waals surface area contributed by atoms with Crippen LogP contribution in [0.1, 0.15) is 5.56 Å². The van der Waals surface area contributed by atoms with E-state index in [2.05, 4.69) is 5.32 Å². The molecule has 0 saturated carbocycles. The molecule has 1 aliphatic heterocycles. The predicted octanol–water partition coefficient (Wildman–Crippen LogP) is 2.04. The number of carbonyl (C=O) groups is 2. The summed E-state index contributed by atoms with van der Waals surface area (Å²) in [5, 5.41) is 1.80. The Bertz CT molecular complexity index is 571. The number of benzene rings is 1. The Morgan fingerprint density at radius 1 is 1.05 bits per heavy atom. The topological polar surface area (TPSA) is 73.9 Å². The molecule has 20 heavy (non-hydrogen) atoms. The third-order valence-corrected chi connectivity index (χ3v) is 3.48. The summed E-state index contributed by atoms with van der Waals surface area (Å²) in [6.45, 7) is 0. The highest BCUT2D eigenvalue weighted by molar-refractivity contribution is 8.18. The van der Waals surface area contributed by atoms with E-state index < -0.39 is 11.1 Å². The third-order valence-electron chi connectivity index (χ3n) is 2.67. The number of methoxy groups -OCH3 is 3. The number of rotatable bonds is 4. The fraction of sp³-hybridized carbons (Fsp3) is 0.231. The van der Waals surface area contributed by atoms with Gasteiger partial charge in [-0.3, -0.25) is 14.9 Å². The number of imide groups is 1. The van der Waals surface area contributed by atoms with Crippen molar-refractivity contribution in [3.63, 3.8) is 0 Å². The first kappa shape index (κ1) is 14.3. The molecule has 1 fully saturated rings. The van der Waals surface area contributed by atoms with Crippen LogP contribution < -0.4 is 19.5 Å². The van der Waals surface area contributed by atoms with Gasteiger partial charge in [0.1, 0.15) is 17.2 Å². The van der Waals surface area contributed by atoms with Crippen molar-refractivity contribution in [1.82, 2.24) is 5.32 Å². The van der Waals surface area contributed by atoms with Crippen molar-refractivity contribution in [3.8, 4) is 17.2 Å². The molecule has 106 valence electrons. The molecular formula is C13H13NO5S. The van der Waals surface area contributed by atoms with Crippen molar-refractivity contribution < 1.29 is 23.8 Å². The molecule has 2 rings (SSSR count). The highest BCUT2D eigenvalue weighted by atomic mass is 32.2. The molecule has 1 N–H and O–H groups in total. The van der Waals surface area contributed by atoms with Gasteiger partial charge in [0.2, 0.25) is 0 Å². The van der Waals surface area contributed by atoms with E-state index in [1.165, 1.54) is 21.3 Å². The van der Waals surface area contributed by atoms with Crippen LogP contribution >= 0.6 is 11.8 Å². The summed E-state index contributed by atoms with van der Waals surface area (Å²) in [5.74, 6) is 1.11. The van der Waals surface area contributed by atoms with Gasteiger partial charge in [-0.2, -0.15) is 0 Å². The fourth-order valence-corrected chi connectivity index (χ4v) is 2.39. The summed E-state index contributed by atoms with van der Waals surface area (Å²) in [7, 11) is 4.54. The van der Waals surface area contributed by atoms with Crippen molar-refractivity contribution in [2.75, 3.05) is 21.3 Å². The number of ether oxygens (including phenoxy) is 3. The first-order chi connectivity index (χ1) is 9.58. The molecule has 0 aliphatic carbocycles. The second-order valence-corrected chi connectivity index (χ2v) is 4.81. The monoisotopic (exact) mass is 295 g/mol. The van der Waals surface area contributed by atoms with Gasteiger partial charge < -0.3 is 14.2 Å². The molecule has 7 heteroatoms. The second-order valence-electron chi connectivity index (χ2n) is 3.80. The van der Waals surface area contributed by atoms with Gasteiger partial charge >= 0.3 is 0 Å². The van der Waals surface area contributed by atoms with Gasteiger partial charge in [-0.15, -0.1) is 0 Å². The van der Waals surface area contributed by atoms with Gasteiger partial charge in [-0.05, 0) is 17.8 Å². The average molecular weight is 295 g/mol. The van der Waals surface area contributed by atoms with Crippen LogP contribution in [0.3, 0.4) is 0 Å². The van der Waals surface area contributed by atoms with E-state index in [9.17, 15) is 9.59 Å². The summed E-state index contributed by atoms with van der Waals surface area (Å²) in [6, 6.07) is 3.35. The predicted molar refractivity (Wildman–Crippen MR) is 75.2 cm³/mol. The third kappa shape index (κ3) is 2.72. The first-order valence-electron chi connectivity index (χ1n) is 5.64. The Kier molecular flexibility index (Phi) is 4.19. The van der Waals surface area contributed by atoms with Gasteiger partial charge in [-0.25, -0.2) is 0 Å². The van der Waals surface area contributed by atoms with Crippen LogP contribution in [0.25, 0.3) is 6.08 Å². The maximum Gasteiger partial charge on any atom is 0.290 e. The Balaban J connectivity index is 2.52. The SMILES string of the molecule is COc1cc(OC)c(/C=C2\SC(=O)NC2=O)c(OC)c1. The average Bonchev–Trinajstić information content (AvgIpc) is 2.76. The van der Waals surface area contributed by atoms with E-state index in [-0.39, 0.29) is 4.91 Å². The van der Waals surface area contributed by atoms with E-state index in [1.807, 2.05) is 0 Å². The van der Waals surface area contributed by atoms with Crippen LogP contribution in [-0.4, -0.2) is 32.5 Å². The van der Waals surface area contributed by atoms with Crippen molar-refractivity contribution in [2.45, 2.75) is 0 Å². The van der Waals surface area contributed by atoms with E-state index in [1.54, 1.807) is 18.2 Å². The molecule has 0 radical (unpaired) electrons. The molecule has 0 aromatic heterocycles. The van der Waals surface area contributed by atoms with Crippen molar-refractivity contribution >= 4 is 29.0 Å². The Labute approximate surface area is 120 Å². The van der Waals surface area contributed by atoms with Crippen LogP contribution in [0.2, 0.25) is 0 Å². The minimum Gasteiger partial charge on any atom is -0.496 e. The molecule has 1 saturated heterocycles. The number of carbonyl (C=O) groups excluding carboxylic acids is 2. The summed E-state index contributed by atoms with van der Waals surface area (Å²) in [4.78, 5) is 23.0.